The molecule has 1 atom stereocenters. The van der Waals surface area contributed by atoms with Crippen LogP contribution in [0.15, 0.2) is 36.5 Å². The first-order chi connectivity index (χ1) is 9.95. The number of rotatable bonds is 4. The Bertz CT molecular complexity index is 640. The number of aromatic nitrogens is 1. The van der Waals surface area contributed by atoms with E-state index in [9.17, 15) is 9.18 Å². The Morgan fingerprint density at radius 2 is 2.05 bits per heavy atom. The van der Waals surface area contributed by atoms with Gasteiger partial charge in [-0.05, 0) is 49.7 Å². The van der Waals surface area contributed by atoms with Crippen LogP contribution >= 0.6 is 0 Å². The third kappa shape index (κ3) is 4.02. The molecule has 1 amide bonds. The third-order valence-electron chi connectivity index (χ3n) is 3.11. The van der Waals surface area contributed by atoms with Gasteiger partial charge in [0.05, 0.1) is 17.9 Å². The Kier molecular flexibility index (Phi) is 4.52. The fourth-order valence-corrected chi connectivity index (χ4v) is 2.05. The van der Waals surface area contributed by atoms with E-state index in [1.165, 1.54) is 19.2 Å². The topological polar surface area (TPSA) is 54.0 Å². The average Bonchev–Trinajstić information content (AvgIpc) is 2.42. The van der Waals surface area contributed by atoms with E-state index in [4.69, 9.17) is 0 Å². The first kappa shape index (κ1) is 15.0. The van der Waals surface area contributed by atoms with Gasteiger partial charge in [-0.15, -0.1) is 0 Å². The Labute approximate surface area is 123 Å². The summed E-state index contributed by atoms with van der Waals surface area (Å²) in [7, 11) is 0. The highest BCUT2D eigenvalue weighted by molar-refractivity contribution is 5.89. The smallest absolute Gasteiger partial charge is 0.221 e. The van der Waals surface area contributed by atoms with Crippen molar-refractivity contribution in [3.63, 3.8) is 0 Å². The second kappa shape index (κ2) is 6.35. The average molecular weight is 287 g/mol. The highest BCUT2D eigenvalue weighted by Crippen LogP contribution is 2.23. The zero-order valence-electron chi connectivity index (χ0n) is 12.3. The molecule has 1 unspecified atom stereocenters. The predicted molar refractivity (Wildman–Crippen MR) is 81.7 cm³/mol. The summed E-state index contributed by atoms with van der Waals surface area (Å²) in [5, 5.41) is 6.07. The van der Waals surface area contributed by atoms with E-state index in [0.29, 0.717) is 0 Å². The predicted octanol–water partition coefficient (Wildman–Crippen LogP) is 3.66. The molecule has 1 heterocycles. The Morgan fingerprint density at radius 3 is 2.62 bits per heavy atom. The fraction of sp³-hybridized carbons (Fsp3) is 0.250. The van der Waals surface area contributed by atoms with Crippen LogP contribution in [0.5, 0.6) is 0 Å². The van der Waals surface area contributed by atoms with E-state index >= 15 is 0 Å². The molecule has 2 rings (SSSR count). The summed E-state index contributed by atoms with van der Waals surface area (Å²) in [6, 6.07) is 8.70. The van der Waals surface area contributed by atoms with Crippen molar-refractivity contribution in [1.29, 1.82) is 0 Å². The molecule has 0 radical (unpaired) electrons. The van der Waals surface area contributed by atoms with Crippen molar-refractivity contribution in [2.75, 3.05) is 10.6 Å². The van der Waals surface area contributed by atoms with Gasteiger partial charge in [0.2, 0.25) is 5.91 Å². The maximum atomic E-state index is 12.9. The second-order valence-corrected chi connectivity index (χ2v) is 4.98. The molecule has 0 aliphatic rings. The van der Waals surface area contributed by atoms with Gasteiger partial charge in [-0.2, -0.15) is 0 Å². The lowest BCUT2D eigenvalue weighted by Gasteiger charge is -2.16. The quantitative estimate of drug-likeness (QED) is 0.902. The molecule has 1 aromatic carbocycles. The molecule has 0 aliphatic carbocycles. The number of anilines is 2. The largest absolute Gasteiger partial charge is 0.377 e. The molecule has 21 heavy (non-hydrogen) atoms. The zero-order valence-corrected chi connectivity index (χ0v) is 12.3. The summed E-state index contributed by atoms with van der Waals surface area (Å²) in [4.78, 5) is 15.1. The minimum absolute atomic E-state index is 0.0448. The molecule has 110 valence electrons. The van der Waals surface area contributed by atoms with Gasteiger partial charge in [0.25, 0.3) is 0 Å². The lowest BCUT2D eigenvalue weighted by Crippen LogP contribution is -2.10. The summed E-state index contributed by atoms with van der Waals surface area (Å²) < 4.78 is 12.9. The number of halogens is 1. The Balaban J connectivity index is 2.10. The number of aryl methyl sites for hydroxylation is 1. The summed E-state index contributed by atoms with van der Waals surface area (Å²) in [6.45, 7) is 5.36. The van der Waals surface area contributed by atoms with Gasteiger partial charge in [0, 0.05) is 18.3 Å². The normalized spacial score (nSPS) is 11.8. The van der Waals surface area contributed by atoms with Gasteiger partial charge in [-0.3, -0.25) is 9.78 Å². The maximum absolute atomic E-state index is 12.9. The van der Waals surface area contributed by atoms with Crippen molar-refractivity contribution in [1.82, 2.24) is 4.98 Å². The van der Waals surface area contributed by atoms with E-state index in [-0.39, 0.29) is 17.8 Å². The molecule has 0 saturated heterocycles. The van der Waals surface area contributed by atoms with Crippen LogP contribution in [0.3, 0.4) is 0 Å². The van der Waals surface area contributed by atoms with Crippen molar-refractivity contribution >= 4 is 17.3 Å². The van der Waals surface area contributed by atoms with Crippen molar-refractivity contribution in [3.8, 4) is 0 Å². The third-order valence-corrected chi connectivity index (χ3v) is 3.11. The van der Waals surface area contributed by atoms with Crippen molar-refractivity contribution in [3.05, 3.63) is 53.6 Å². The number of carbonyl (C=O) groups is 1. The number of nitrogens with zero attached hydrogens (tertiary/aromatic N) is 1. The molecule has 0 fully saturated rings. The summed E-state index contributed by atoms with van der Waals surface area (Å²) in [5.74, 6) is -0.441. The maximum Gasteiger partial charge on any atom is 0.221 e. The van der Waals surface area contributed by atoms with Crippen LogP contribution in [0, 0.1) is 12.7 Å². The Morgan fingerprint density at radius 1 is 1.29 bits per heavy atom. The van der Waals surface area contributed by atoms with E-state index < -0.39 is 0 Å². The number of benzene rings is 1. The molecule has 0 saturated carbocycles. The molecule has 2 aromatic rings. The van der Waals surface area contributed by atoms with E-state index in [0.717, 1.165) is 22.6 Å². The molecule has 4 nitrogen and oxygen atoms in total. The molecule has 0 spiro atoms. The van der Waals surface area contributed by atoms with Crippen LogP contribution in [0.4, 0.5) is 15.8 Å². The van der Waals surface area contributed by atoms with Gasteiger partial charge in [0.1, 0.15) is 5.82 Å². The van der Waals surface area contributed by atoms with Gasteiger partial charge < -0.3 is 10.6 Å². The van der Waals surface area contributed by atoms with Crippen LogP contribution in [-0.2, 0) is 4.79 Å². The van der Waals surface area contributed by atoms with Crippen molar-refractivity contribution in [2.45, 2.75) is 26.8 Å². The molecular formula is C16H18FN3O. The van der Waals surface area contributed by atoms with Crippen molar-refractivity contribution in [2.24, 2.45) is 0 Å². The van der Waals surface area contributed by atoms with Gasteiger partial charge >= 0.3 is 0 Å². The fourth-order valence-electron chi connectivity index (χ4n) is 2.05. The van der Waals surface area contributed by atoms with Gasteiger partial charge in [-0.1, -0.05) is 0 Å². The SMILES string of the molecule is CC(=O)Nc1ccc(NC(C)c2ccc(F)cn2)cc1C. The summed E-state index contributed by atoms with van der Waals surface area (Å²) in [5.41, 5.74) is 3.44. The Hall–Kier alpha value is -2.43. The number of pyridine rings is 1. The first-order valence-corrected chi connectivity index (χ1v) is 6.72. The van der Waals surface area contributed by atoms with Gasteiger partial charge in [0.15, 0.2) is 0 Å². The van der Waals surface area contributed by atoms with Crippen molar-refractivity contribution < 1.29 is 9.18 Å². The molecule has 2 N–H and O–H groups in total. The van der Waals surface area contributed by atoms with E-state index in [1.54, 1.807) is 6.07 Å². The first-order valence-electron chi connectivity index (χ1n) is 6.72. The summed E-state index contributed by atoms with van der Waals surface area (Å²) >= 11 is 0. The number of hydrogen-bond donors (Lipinski definition) is 2. The molecule has 1 aromatic heterocycles. The monoisotopic (exact) mass is 287 g/mol. The van der Waals surface area contributed by atoms with Crippen LogP contribution in [-0.4, -0.2) is 10.9 Å². The lowest BCUT2D eigenvalue weighted by molar-refractivity contribution is -0.114. The number of amides is 1. The minimum Gasteiger partial charge on any atom is -0.377 e. The standard InChI is InChI=1S/C16H18FN3O/c1-10-8-14(5-7-15(10)20-12(3)21)19-11(2)16-6-4-13(17)9-18-16/h4-9,11,19H,1-3H3,(H,20,21). The minimum atomic E-state index is -0.346. The number of carbonyl (C=O) groups excluding carboxylic acids is 1. The second-order valence-electron chi connectivity index (χ2n) is 4.98. The molecule has 5 heteroatoms. The molecule has 0 bridgehead atoms. The molecule has 0 aliphatic heterocycles. The van der Waals surface area contributed by atoms with E-state index in [2.05, 4.69) is 15.6 Å². The number of nitrogens with one attached hydrogen (secondary N) is 2. The lowest BCUT2D eigenvalue weighted by atomic mass is 10.1. The van der Waals surface area contributed by atoms with Crippen LogP contribution in [0.1, 0.15) is 31.1 Å². The highest BCUT2D eigenvalue weighted by atomic mass is 19.1. The highest BCUT2D eigenvalue weighted by Gasteiger charge is 2.08. The van der Waals surface area contributed by atoms with Crippen LogP contribution in [0.25, 0.3) is 0 Å². The van der Waals surface area contributed by atoms with Gasteiger partial charge in [-0.25, -0.2) is 4.39 Å². The zero-order chi connectivity index (χ0) is 15.4. The van der Waals surface area contributed by atoms with E-state index in [1.807, 2.05) is 32.0 Å². The number of hydrogen-bond acceptors (Lipinski definition) is 3. The van der Waals surface area contributed by atoms with Crippen LogP contribution in [0.2, 0.25) is 0 Å². The van der Waals surface area contributed by atoms with Crippen LogP contribution < -0.4 is 10.6 Å². The molecular weight excluding hydrogens is 269 g/mol. The summed E-state index contributed by atoms with van der Waals surface area (Å²) in [6.07, 6.45) is 1.21.